The number of anilines is 1. The Morgan fingerprint density at radius 1 is 1.48 bits per heavy atom. The van der Waals surface area contributed by atoms with Gasteiger partial charge >= 0.3 is 0 Å². The lowest BCUT2D eigenvalue weighted by molar-refractivity contribution is -0.384. The van der Waals surface area contributed by atoms with Crippen molar-refractivity contribution >= 4 is 11.4 Å². The predicted molar refractivity (Wildman–Crippen MR) is 78.8 cm³/mol. The summed E-state index contributed by atoms with van der Waals surface area (Å²) in [6.07, 6.45) is 1.20. The van der Waals surface area contributed by atoms with Gasteiger partial charge in [0.15, 0.2) is 0 Å². The second-order valence-electron chi connectivity index (χ2n) is 5.65. The largest absolute Gasteiger partial charge is 0.398 e. The van der Waals surface area contributed by atoms with Crippen LogP contribution in [-0.2, 0) is 11.3 Å². The smallest absolute Gasteiger partial charge is 0.269 e. The van der Waals surface area contributed by atoms with Crippen LogP contribution in [0.2, 0.25) is 0 Å². The van der Waals surface area contributed by atoms with E-state index < -0.39 is 10.5 Å². The number of hydrogen-bond donors (Lipinski definition) is 2. The zero-order valence-corrected chi connectivity index (χ0v) is 12.1. The Bertz CT molecular complexity index is 515. The van der Waals surface area contributed by atoms with Crippen molar-refractivity contribution in [3.8, 4) is 0 Å². The van der Waals surface area contributed by atoms with Crippen molar-refractivity contribution in [3.05, 3.63) is 33.9 Å². The van der Waals surface area contributed by atoms with Crippen LogP contribution in [0.15, 0.2) is 18.2 Å². The highest BCUT2D eigenvalue weighted by atomic mass is 16.6. The van der Waals surface area contributed by atoms with Gasteiger partial charge in [-0.05, 0) is 18.7 Å². The van der Waals surface area contributed by atoms with Gasteiger partial charge < -0.3 is 15.6 Å². The molecule has 1 aliphatic rings. The number of nitro groups is 1. The molecule has 0 aliphatic carbocycles. The van der Waals surface area contributed by atoms with Crippen LogP contribution in [-0.4, -0.2) is 47.3 Å². The number of nitro benzene ring substituents is 1. The molecule has 0 amide bonds. The Balaban J connectivity index is 2.03. The maximum absolute atomic E-state index is 10.8. The van der Waals surface area contributed by atoms with Gasteiger partial charge in [-0.25, -0.2) is 0 Å². The van der Waals surface area contributed by atoms with Crippen molar-refractivity contribution in [2.24, 2.45) is 0 Å². The van der Waals surface area contributed by atoms with E-state index in [0.717, 1.165) is 0 Å². The summed E-state index contributed by atoms with van der Waals surface area (Å²) in [6, 6.07) is 4.43. The molecule has 1 heterocycles. The van der Waals surface area contributed by atoms with Gasteiger partial charge in [0.05, 0.1) is 10.5 Å². The molecule has 2 rings (SSSR count). The van der Waals surface area contributed by atoms with Crippen molar-refractivity contribution in [3.63, 3.8) is 0 Å². The minimum Gasteiger partial charge on any atom is -0.398 e. The first-order valence-corrected chi connectivity index (χ1v) is 6.91. The molecule has 3 N–H and O–H groups in total. The highest BCUT2D eigenvalue weighted by molar-refractivity contribution is 5.52. The number of non-ortho nitro benzene ring substituents is 1. The summed E-state index contributed by atoms with van der Waals surface area (Å²) in [5.41, 5.74) is 6.35. The van der Waals surface area contributed by atoms with E-state index in [4.69, 9.17) is 10.5 Å². The average molecular weight is 295 g/mol. The van der Waals surface area contributed by atoms with Crippen LogP contribution in [0.25, 0.3) is 0 Å². The molecule has 0 saturated carbocycles. The first-order chi connectivity index (χ1) is 9.89. The fraction of sp³-hybridized carbons (Fsp3) is 0.571. The highest BCUT2D eigenvalue weighted by Gasteiger charge is 2.31. The van der Waals surface area contributed by atoms with E-state index in [0.29, 0.717) is 50.4 Å². The van der Waals surface area contributed by atoms with Gasteiger partial charge in [-0.2, -0.15) is 0 Å². The monoisotopic (exact) mass is 295 g/mol. The van der Waals surface area contributed by atoms with Crippen LogP contribution in [0.5, 0.6) is 0 Å². The Morgan fingerprint density at radius 2 is 2.14 bits per heavy atom. The molecule has 0 bridgehead atoms. The molecule has 7 nitrogen and oxygen atoms in total. The molecule has 21 heavy (non-hydrogen) atoms. The average Bonchev–Trinajstić information content (AvgIpc) is 2.41. The molecule has 116 valence electrons. The van der Waals surface area contributed by atoms with Gasteiger partial charge in [-0.1, -0.05) is 0 Å². The Hall–Kier alpha value is -1.70. The quantitative estimate of drug-likeness (QED) is 0.480. The van der Waals surface area contributed by atoms with Crippen molar-refractivity contribution in [2.75, 3.05) is 32.5 Å². The van der Waals surface area contributed by atoms with Crippen molar-refractivity contribution in [1.82, 2.24) is 4.90 Å². The summed E-state index contributed by atoms with van der Waals surface area (Å²) in [6.45, 7) is 2.06. The van der Waals surface area contributed by atoms with Gasteiger partial charge in [0, 0.05) is 57.0 Å². The third-order valence-corrected chi connectivity index (χ3v) is 3.77. The molecule has 0 radical (unpaired) electrons. The number of nitrogen functional groups attached to an aromatic ring is 1. The highest BCUT2D eigenvalue weighted by Crippen LogP contribution is 2.24. The number of nitrogens with zero attached hydrogens (tertiary/aromatic N) is 2. The fourth-order valence-electron chi connectivity index (χ4n) is 2.60. The van der Waals surface area contributed by atoms with E-state index >= 15 is 0 Å². The number of rotatable bonds is 5. The first-order valence-electron chi connectivity index (χ1n) is 6.91. The van der Waals surface area contributed by atoms with Gasteiger partial charge in [0.1, 0.15) is 0 Å². The summed E-state index contributed by atoms with van der Waals surface area (Å²) in [5.74, 6) is 0. The number of ether oxygens (including phenoxy) is 1. The van der Waals surface area contributed by atoms with Crippen LogP contribution in [0, 0.1) is 10.1 Å². The van der Waals surface area contributed by atoms with E-state index in [-0.39, 0.29) is 5.69 Å². The van der Waals surface area contributed by atoms with Gasteiger partial charge in [0.25, 0.3) is 5.69 Å². The number of hydrogen-bond acceptors (Lipinski definition) is 6. The lowest BCUT2D eigenvalue weighted by atomic mass is 9.94. The number of benzene rings is 1. The standard InChI is InChI=1S/C14H21N3O4/c1-16(10-14(18)4-6-21-7-5-14)9-11-8-12(17(19)20)2-3-13(11)15/h2-3,8,18H,4-7,9-10,15H2,1H3. The van der Waals surface area contributed by atoms with Crippen LogP contribution in [0.1, 0.15) is 18.4 Å². The summed E-state index contributed by atoms with van der Waals surface area (Å²) in [7, 11) is 1.87. The second kappa shape index (κ2) is 6.38. The van der Waals surface area contributed by atoms with Crippen molar-refractivity contribution in [2.45, 2.75) is 25.0 Å². The van der Waals surface area contributed by atoms with Crippen molar-refractivity contribution < 1.29 is 14.8 Å². The molecule has 1 saturated heterocycles. The summed E-state index contributed by atoms with van der Waals surface area (Å²) >= 11 is 0. The van der Waals surface area contributed by atoms with Crippen LogP contribution in [0.4, 0.5) is 11.4 Å². The fourth-order valence-corrected chi connectivity index (χ4v) is 2.60. The van der Waals surface area contributed by atoms with Crippen LogP contribution < -0.4 is 5.73 Å². The SMILES string of the molecule is CN(Cc1cc([N+](=O)[O-])ccc1N)CC1(O)CCOCC1. The van der Waals surface area contributed by atoms with E-state index in [1.807, 2.05) is 11.9 Å². The Labute approximate surface area is 123 Å². The summed E-state index contributed by atoms with van der Waals surface area (Å²) in [5, 5.41) is 21.3. The Morgan fingerprint density at radius 3 is 2.76 bits per heavy atom. The molecular formula is C14H21N3O4. The molecule has 1 aromatic carbocycles. The topological polar surface area (TPSA) is 102 Å². The maximum Gasteiger partial charge on any atom is 0.269 e. The molecule has 1 aromatic rings. The first kappa shape index (κ1) is 15.7. The lowest BCUT2D eigenvalue weighted by Crippen LogP contribution is -2.45. The number of aliphatic hydroxyl groups is 1. The predicted octanol–water partition coefficient (Wildman–Crippen LogP) is 1.15. The molecule has 1 fully saturated rings. The normalized spacial score (nSPS) is 17.9. The summed E-state index contributed by atoms with van der Waals surface area (Å²) < 4.78 is 5.25. The molecule has 1 aliphatic heterocycles. The van der Waals surface area contributed by atoms with Gasteiger partial charge in [0.2, 0.25) is 0 Å². The molecule has 0 spiro atoms. The number of likely N-dealkylation sites (N-methyl/N-ethyl adjacent to an activating group) is 1. The van der Waals surface area contributed by atoms with Crippen LogP contribution in [0.3, 0.4) is 0 Å². The lowest BCUT2D eigenvalue weighted by Gasteiger charge is -2.35. The minimum atomic E-state index is -0.761. The van der Waals surface area contributed by atoms with E-state index in [1.54, 1.807) is 6.07 Å². The second-order valence-corrected chi connectivity index (χ2v) is 5.65. The molecule has 0 unspecified atom stereocenters. The third-order valence-electron chi connectivity index (χ3n) is 3.77. The molecular weight excluding hydrogens is 274 g/mol. The zero-order chi connectivity index (χ0) is 15.5. The minimum absolute atomic E-state index is 0.0254. The number of nitrogens with two attached hydrogens (primary N) is 1. The van der Waals surface area contributed by atoms with E-state index in [9.17, 15) is 15.2 Å². The van der Waals surface area contributed by atoms with E-state index in [1.165, 1.54) is 12.1 Å². The van der Waals surface area contributed by atoms with Gasteiger partial charge in [-0.15, -0.1) is 0 Å². The zero-order valence-electron chi connectivity index (χ0n) is 12.1. The van der Waals surface area contributed by atoms with Gasteiger partial charge in [-0.3, -0.25) is 15.0 Å². The Kier molecular flexibility index (Phi) is 4.76. The summed E-state index contributed by atoms with van der Waals surface area (Å²) in [4.78, 5) is 12.3. The maximum atomic E-state index is 10.8. The third kappa shape index (κ3) is 4.13. The molecule has 7 heteroatoms. The van der Waals surface area contributed by atoms with Crippen molar-refractivity contribution in [1.29, 1.82) is 0 Å². The van der Waals surface area contributed by atoms with E-state index in [2.05, 4.69) is 0 Å². The van der Waals surface area contributed by atoms with Crippen LogP contribution >= 0.6 is 0 Å². The molecule has 0 aromatic heterocycles. The molecule has 0 atom stereocenters.